The Morgan fingerprint density at radius 3 is 2.27 bits per heavy atom. The van der Waals surface area contributed by atoms with Crippen LogP contribution in [0.25, 0.3) is 0 Å². The highest BCUT2D eigenvalue weighted by Gasteiger charge is 2.43. The van der Waals surface area contributed by atoms with Gasteiger partial charge in [-0.2, -0.15) is 0 Å². The molecule has 2 saturated carbocycles. The van der Waals surface area contributed by atoms with Crippen LogP contribution in [0.2, 0.25) is 5.02 Å². The number of carbonyl (C=O) groups excluding carboxylic acids is 1. The van der Waals surface area contributed by atoms with Gasteiger partial charge in [-0.1, -0.05) is 30.2 Å². The summed E-state index contributed by atoms with van der Waals surface area (Å²) in [5, 5.41) is 12.7. The van der Waals surface area contributed by atoms with Crippen LogP contribution in [0, 0.1) is 11.8 Å². The lowest BCUT2D eigenvalue weighted by Gasteiger charge is -2.43. The van der Waals surface area contributed by atoms with Crippen molar-refractivity contribution in [1.29, 1.82) is 0 Å². The number of hydrogen-bond donors (Lipinski definition) is 2. The highest BCUT2D eigenvalue weighted by molar-refractivity contribution is 6.30. The zero-order chi connectivity index (χ0) is 15.7. The van der Waals surface area contributed by atoms with Crippen molar-refractivity contribution >= 4 is 23.5 Å². The Hall–Kier alpha value is -1.55. The van der Waals surface area contributed by atoms with Gasteiger partial charge in [-0.05, 0) is 43.4 Å². The summed E-state index contributed by atoms with van der Waals surface area (Å²) in [5.41, 5.74) is 1.19. The van der Waals surface area contributed by atoms with Crippen molar-refractivity contribution < 1.29 is 14.7 Å². The van der Waals surface area contributed by atoms with E-state index in [0.717, 1.165) is 19.3 Å². The summed E-state index contributed by atoms with van der Waals surface area (Å²) in [6, 6.07) is 7.81. The molecule has 1 aromatic carbocycles. The van der Waals surface area contributed by atoms with Crippen molar-refractivity contribution in [1.82, 2.24) is 5.32 Å². The van der Waals surface area contributed by atoms with E-state index in [0.29, 0.717) is 24.4 Å². The average Bonchev–Trinajstić information content (AvgIpc) is 2.37. The summed E-state index contributed by atoms with van der Waals surface area (Å²) in [5.74, 6) is -1.84. The molecule has 1 aromatic rings. The van der Waals surface area contributed by atoms with Gasteiger partial charge in [0.15, 0.2) is 0 Å². The van der Waals surface area contributed by atoms with Crippen LogP contribution < -0.4 is 5.32 Å². The van der Waals surface area contributed by atoms with Crippen molar-refractivity contribution in [2.75, 3.05) is 6.54 Å². The van der Waals surface area contributed by atoms with E-state index in [1.54, 1.807) is 0 Å². The largest absolute Gasteiger partial charge is 0.481 e. The van der Waals surface area contributed by atoms with Crippen molar-refractivity contribution in [2.45, 2.75) is 37.5 Å². The molecule has 0 aromatic heterocycles. The number of benzene rings is 1. The maximum atomic E-state index is 12.2. The Balaban J connectivity index is 1.63. The fourth-order valence-electron chi connectivity index (χ4n) is 3.47. The fraction of sp³-hybridized carbons (Fsp3) is 0.529. The van der Waals surface area contributed by atoms with Crippen molar-refractivity contribution in [3.63, 3.8) is 0 Å². The number of rotatable bonds is 5. The van der Waals surface area contributed by atoms with Crippen LogP contribution in [0.5, 0.6) is 0 Å². The van der Waals surface area contributed by atoms with Crippen LogP contribution in [-0.4, -0.2) is 23.5 Å². The third kappa shape index (κ3) is 2.72. The number of hydrogen-bond acceptors (Lipinski definition) is 2. The summed E-state index contributed by atoms with van der Waals surface area (Å²) in [7, 11) is 0. The first-order valence-electron chi connectivity index (χ1n) is 7.78. The molecule has 2 aliphatic rings. The summed E-state index contributed by atoms with van der Waals surface area (Å²) < 4.78 is 0. The number of carbonyl (C=O) groups is 2. The molecule has 3 rings (SSSR count). The fourth-order valence-corrected chi connectivity index (χ4v) is 3.60. The number of carboxylic acids is 1. The maximum absolute atomic E-state index is 12.2. The van der Waals surface area contributed by atoms with Crippen molar-refractivity contribution in [2.24, 2.45) is 11.8 Å². The van der Waals surface area contributed by atoms with Crippen molar-refractivity contribution in [3.05, 3.63) is 34.9 Å². The average molecular weight is 322 g/mol. The number of aliphatic carboxylic acids is 1. The zero-order valence-corrected chi connectivity index (χ0v) is 13.1. The Labute approximate surface area is 134 Å². The molecule has 22 heavy (non-hydrogen) atoms. The summed E-state index contributed by atoms with van der Waals surface area (Å²) >= 11 is 5.94. The Morgan fingerprint density at radius 1 is 1.18 bits per heavy atom. The molecule has 2 unspecified atom stereocenters. The van der Waals surface area contributed by atoms with E-state index in [-0.39, 0.29) is 17.2 Å². The van der Waals surface area contributed by atoms with Gasteiger partial charge in [-0.25, -0.2) is 0 Å². The van der Waals surface area contributed by atoms with E-state index >= 15 is 0 Å². The van der Waals surface area contributed by atoms with Gasteiger partial charge in [0.05, 0.1) is 11.8 Å². The molecule has 0 radical (unpaired) electrons. The third-order valence-electron chi connectivity index (χ3n) is 5.30. The molecular formula is C17H20ClNO3. The van der Waals surface area contributed by atoms with Gasteiger partial charge >= 0.3 is 5.97 Å². The monoisotopic (exact) mass is 321 g/mol. The van der Waals surface area contributed by atoms with Gasteiger partial charge in [0.2, 0.25) is 5.91 Å². The Kier molecular flexibility index (Phi) is 4.13. The van der Waals surface area contributed by atoms with E-state index in [9.17, 15) is 9.59 Å². The van der Waals surface area contributed by atoms with E-state index < -0.39 is 11.9 Å². The van der Waals surface area contributed by atoms with Gasteiger partial charge in [0.1, 0.15) is 0 Å². The smallest absolute Gasteiger partial charge is 0.307 e. The summed E-state index contributed by atoms with van der Waals surface area (Å²) in [6.07, 6.45) is 4.52. The maximum Gasteiger partial charge on any atom is 0.307 e. The molecule has 5 heteroatoms. The van der Waals surface area contributed by atoms with Crippen LogP contribution in [-0.2, 0) is 15.0 Å². The van der Waals surface area contributed by atoms with Crippen LogP contribution in [0.15, 0.2) is 24.3 Å². The van der Waals surface area contributed by atoms with E-state index in [1.807, 2.05) is 24.3 Å². The summed E-state index contributed by atoms with van der Waals surface area (Å²) in [4.78, 5) is 23.2. The highest BCUT2D eigenvalue weighted by atomic mass is 35.5. The van der Waals surface area contributed by atoms with E-state index in [1.165, 1.54) is 5.56 Å². The normalized spacial score (nSPS) is 25.7. The second-order valence-corrected chi connectivity index (χ2v) is 6.92. The van der Waals surface area contributed by atoms with Crippen molar-refractivity contribution in [3.8, 4) is 0 Å². The van der Waals surface area contributed by atoms with Crippen LogP contribution in [0.3, 0.4) is 0 Å². The highest BCUT2D eigenvalue weighted by Crippen LogP contribution is 2.43. The first kappa shape index (κ1) is 15.3. The molecule has 1 amide bonds. The molecule has 2 atom stereocenters. The second-order valence-electron chi connectivity index (χ2n) is 6.49. The molecule has 2 aliphatic carbocycles. The quantitative estimate of drug-likeness (QED) is 0.876. The second kappa shape index (κ2) is 5.92. The Bertz CT molecular complexity index is 580. The molecule has 0 spiro atoms. The van der Waals surface area contributed by atoms with Gasteiger partial charge in [0.25, 0.3) is 0 Å². The standard InChI is InChI=1S/C17H20ClNO3/c18-12-4-2-11(3-5-12)17(8-1-9-17)10-19-15(20)13-6-7-14(13)16(21)22/h2-5,13-14H,1,6-10H2,(H,19,20)(H,21,22). The van der Waals surface area contributed by atoms with Gasteiger partial charge < -0.3 is 10.4 Å². The van der Waals surface area contributed by atoms with Gasteiger partial charge in [0, 0.05) is 17.0 Å². The SMILES string of the molecule is O=C(O)C1CCC1C(=O)NCC1(c2ccc(Cl)cc2)CCC1. The van der Waals surface area contributed by atoms with Crippen LogP contribution >= 0.6 is 11.6 Å². The predicted molar refractivity (Wildman–Crippen MR) is 83.8 cm³/mol. The molecule has 2 fully saturated rings. The molecule has 0 saturated heterocycles. The van der Waals surface area contributed by atoms with Gasteiger partial charge in [-0.15, -0.1) is 0 Å². The summed E-state index contributed by atoms with van der Waals surface area (Å²) in [6.45, 7) is 0.580. The van der Waals surface area contributed by atoms with Crippen LogP contribution in [0.4, 0.5) is 0 Å². The molecule has 4 nitrogen and oxygen atoms in total. The molecular weight excluding hydrogens is 302 g/mol. The predicted octanol–water partition coefficient (Wildman–Crippen LogP) is 2.99. The molecule has 2 N–H and O–H groups in total. The van der Waals surface area contributed by atoms with E-state index in [2.05, 4.69) is 5.32 Å². The Morgan fingerprint density at radius 2 is 1.82 bits per heavy atom. The lowest BCUT2D eigenvalue weighted by atomic mass is 9.64. The third-order valence-corrected chi connectivity index (χ3v) is 5.55. The van der Waals surface area contributed by atoms with E-state index in [4.69, 9.17) is 16.7 Å². The molecule has 0 bridgehead atoms. The minimum Gasteiger partial charge on any atom is -0.481 e. The minimum absolute atomic E-state index is 0.0112. The number of amides is 1. The lowest BCUT2D eigenvalue weighted by Crippen LogP contribution is -2.50. The van der Waals surface area contributed by atoms with Gasteiger partial charge in [-0.3, -0.25) is 9.59 Å². The number of carboxylic acid groups (broad SMARTS) is 1. The first-order chi connectivity index (χ1) is 10.5. The lowest BCUT2D eigenvalue weighted by molar-refractivity contribution is -0.152. The molecule has 0 heterocycles. The van der Waals surface area contributed by atoms with Crippen LogP contribution in [0.1, 0.15) is 37.7 Å². The topological polar surface area (TPSA) is 66.4 Å². The molecule has 0 aliphatic heterocycles. The number of halogens is 1. The first-order valence-corrected chi connectivity index (χ1v) is 8.16. The number of nitrogens with one attached hydrogen (secondary N) is 1. The zero-order valence-electron chi connectivity index (χ0n) is 12.3. The molecule has 118 valence electrons. The minimum atomic E-state index is -0.859.